The number of rotatable bonds is 7. The molecule has 0 spiro atoms. The number of likely N-dealkylation sites (N-methyl/N-ethyl adjacent to an activating group) is 1. The summed E-state index contributed by atoms with van der Waals surface area (Å²) in [5.41, 5.74) is 1.97. The minimum Gasteiger partial charge on any atom is -0.383 e. The van der Waals surface area contributed by atoms with Crippen LogP contribution in [0.3, 0.4) is 0 Å². The number of imidazole rings is 1. The Morgan fingerprint density at radius 2 is 2.15 bits per heavy atom. The van der Waals surface area contributed by atoms with Gasteiger partial charge in [0.2, 0.25) is 0 Å². The number of aromatic nitrogens is 2. The van der Waals surface area contributed by atoms with E-state index in [9.17, 15) is 0 Å². The van der Waals surface area contributed by atoms with Crippen LogP contribution in [0.2, 0.25) is 5.02 Å². The van der Waals surface area contributed by atoms with Crippen LogP contribution in [0.1, 0.15) is 5.82 Å². The van der Waals surface area contributed by atoms with Gasteiger partial charge in [-0.2, -0.15) is 0 Å². The van der Waals surface area contributed by atoms with Gasteiger partial charge in [0.05, 0.1) is 23.5 Å². The van der Waals surface area contributed by atoms with Gasteiger partial charge in [-0.05, 0) is 25.2 Å². The van der Waals surface area contributed by atoms with Crippen molar-refractivity contribution < 1.29 is 4.74 Å². The predicted molar refractivity (Wildman–Crippen MR) is 83.7 cm³/mol. The zero-order valence-electron chi connectivity index (χ0n) is 11.8. The van der Waals surface area contributed by atoms with Gasteiger partial charge in [-0.3, -0.25) is 0 Å². The number of benzene rings is 1. The summed E-state index contributed by atoms with van der Waals surface area (Å²) in [6.07, 6.45) is 0. The van der Waals surface area contributed by atoms with E-state index in [1.807, 2.05) is 18.2 Å². The van der Waals surface area contributed by atoms with Crippen molar-refractivity contribution in [3.63, 3.8) is 0 Å². The standard InChI is InChI=1S/C14H19Cl2N3O/c1-18(7-8-20-2)5-6-19-13-9-11(16)3-4-12(13)17-14(19)10-15/h3-4,9H,5-8,10H2,1-2H3. The number of ether oxygens (including phenoxy) is 1. The molecule has 4 nitrogen and oxygen atoms in total. The number of fused-ring (bicyclic) bond motifs is 1. The Labute approximate surface area is 129 Å². The Hall–Kier alpha value is -0.810. The lowest BCUT2D eigenvalue weighted by Gasteiger charge is -2.17. The summed E-state index contributed by atoms with van der Waals surface area (Å²) in [4.78, 5) is 6.76. The van der Waals surface area contributed by atoms with Gasteiger partial charge < -0.3 is 14.2 Å². The molecule has 6 heteroatoms. The van der Waals surface area contributed by atoms with Crippen molar-refractivity contribution in [2.75, 3.05) is 33.9 Å². The van der Waals surface area contributed by atoms with E-state index in [2.05, 4.69) is 21.5 Å². The molecule has 0 saturated heterocycles. The normalized spacial score (nSPS) is 11.7. The largest absolute Gasteiger partial charge is 0.383 e. The van der Waals surface area contributed by atoms with Gasteiger partial charge in [-0.15, -0.1) is 11.6 Å². The Morgan fingerprint density at radius 1 is 1.35 bits per heavy atom. The Morgan fingerprint density at radius 3 is 2.85 bits per heavy atom. The molecular formula is C14H19Cl2N3O. The highest BCUT2D eigenvalue weighted by atomic mass is 35.5. The van der Waals surface area contributed by atoms with Crippen LogP contribution in [0.25, 0.3) is 11.0 Å². The fourth-order valence-electron chi connectivity index (χ4n) is 2.13. The molecule has 0 aliphatic carbocycles. The molecule has 0 bridgehead atoms. The number of hydrogen-bond donors (Lipinski definition) is 0. The lowest BCUT2D eigenvalue weighted by Crippen LogP contribution is -2.27. The predicted octanol–water partition coefficient (Wildman–Crippen LogP) is 3.01. The van der Waals surface area contributed by atoms with Gasteiger partial charge in [-0.25, -0.2) is 4.98 Å². The van der Waals surface area contributed by atoms with Gasteiger partial charge >= 0.3 is 0 Å². The average Bonchev–Trinajstić information content (AvgIpc) is 2.79. The number of halogens is 2. The van der Waals surface area contributed by atoms with Crippen molar-refractivity contribution in [3.8, 4) is 0 Å². The second kappa shape index (κ2) is 7.27. The average molecular weight is 316 g/mol. The fraction of sp³-hybridized carbons (Fsp3) is 0.500. The maximum atomic E-state index is 6.07. The van der Waals surface area contributed by atoms with E-state index in [0.29, 0.717) is 10.9 Å². The van der Waals surface area contributed by atoms with Crippen molar-refractivity contribution in [2.24, 2.45) is 0 Å². The van der Waals surface area contributed by atoms with E-state index in [1.165, 1.54) is 0 Å². The van der Waals surface area contributed by atoms with Gasteiger partial charge in [0.1, 0.15) is 5.82 Å². The summed E-state index contributed by atoms with van der Waals surface area (Å²) in [7, 11) is 3.79. The van der Waals surface area contributed by atoms with Gasteiger partial charge in [0, 0.05) is 31.8 Å². The zero-order chi connectivity index (χ0) is 14.5. The first-order valence-corrected chi connectivity index (χ1v) is 7.45. The van der Waals surface area contributed by atoms with Crippen LogP contribution < -0.4 is 0 Å². The highest BCUT2D eigenvalue weighted by Crippen LogP contribution is 2.21. The van der Waals surface area contributed by atoms with E-state index in [1.54, 1.807) is 7.11 Å². The summed E-state index contributed by atoms with van der Waals surface area (Å²) in [5.74, 6) is 1.28. The minimum absolute atomic E-state index is 0.397. The second-order valence-electron chi connectivity index (χ2n) is 4.74. The third-order valence-electron chi connectivity index (χ3n) is 3.29. The van der Waals surface area contributed by atoms with E-state index in [0.717, 1.165) is 43.1 Å². The first kappa shape index (κ1) is 15.6. The van der Waals surface area contributed by atoms with Crippen LogP contribution in [0.15, 0.2) is 18.2 Å². The molecule has 0 amide bonds. The van der Waals surface area contributed by atoms with E-state index in [-0.39, 0.29) is 0 Å². The molecule has 2 rings (SSSR count). The fourth-order valence-corrected chi connectivity index (χ4v) is 2.50. The van der Waals surface area contributed by atoms with E-state index < -0.39 is 0 Å². The lowest BCUT2D eigenvalue weighted by atomic mass is 10.3. The molecular weight excluding hydrogens is 297 g/mol. The molecule has 0 aliphatic heterocycles. The molecule has 0 atom stereocenters. The van der Waals surface area contributed by atoms with Gasteiger partial charge in [-0.1, -0.05) is 11.6 Å². The van der Waals surface area contributed by atoms with Gasteiger partial charge in [0.15, 0.2) is 0 Å². The molecule has 20 heavy (non-hydrogen) atoms. The van der Waals surface area contributed by atoms with Crippen LogP contribution in [0, 0.1) is 0 Å². The van der Waals surface area contributed by atoms with Crippen molar-refractivity contribution in [1.82, 2.24) is 14.5 Å². The van der Waals surface area contributed by atoms with E-state index >= 15 is 0 Å². The summed E-state index contributed by atoms with van der Waals surface area (Å²) < 4.78 is 7.22. The highest BCUT2D eigenvalue weighted by molar-refractivity contribution is 6.31. The van der Waals surface area contributed by atoms with Crippen molar-refractivity contribution in [3.05, 3.63) is 29.0 Å². The topological polar surface area (TPSA) is 30.3 Å². The second-order valence-corrected chi connectivity index (χ2v) is 5.45. The van der Waals surface area contributed by atoms with Crippen LogP contribution in [0.5, 0.6) is 0 Å². The third kappa shape index (κ3) is 3.64. The number of methoxy groups -OCH3 is 1. The molecule has 0 fully saturated rings. The van der Waals surface area contributed by atoms with Crippen LogP contribution in [-0.4, -0.2) is 48.3 Å². The SMILES string of the molecule is COCCN(C)CCn1c(CCl)nc2ccc(Cl)cc21. The summed E-state index contributed by atoms with van der Waals surface area (Å²) >= 11 is 12.1. The van der Waals surface area contributed by atoms with Crippen molar-refractivity contribution in [1.29, 1.82) is 0 Å². The molecule has 0 saturated carbocycles. The molecule has 1 aromatic heterocycles. The number of alkyl halides is 1. The van der Waals surface area contributed by atoms with Gasteiger partial charge in [0.25, 0.3) is 0 Å². The molecule has 1 heterocycles. The molecule has 0 aliphatic rings. The quantitative estimate of drug-likeness (QED) is 0.736. The smallest absolute Gasteiger partial charge is 0.124 e. The minimum atomic E-state index is 0.397. The first-order chi connectivity index (χ1) is 9.65. The summed E-state index contributed by atoms with van der Waals surface area (Å²) in [6, 6.07) is 5.72. The van der Waals surface area contributed by atoms with Crippen molar-refractivity contribution in [2.45, 2.75) is 12.4 Å². The maximum absolute atomic E-state index is 6.07. The Bertz CT molecular complexity index is 571. The maximum Gasteiger partial charge on any atom is 0.124 e. The lowest BCUT2D eigenvalue weighted by molar-refractivity contribution is 0.159. The van der Waals surface area contributed by atoms with Crippen LogP contribution in [0.4, 0.5) is 0 Å². The molecule has 110 valence electrons. The third-order valence-corrected chi connectivity index (χ3v) is 3.77. The molecule has 1 aromatic carbocycles. The Balaban J connectivity index is 2.17. The molecule has 0 unspecified atom stereocenters. The summed E-state index contributed by atoms with van der Waals surface area (Å²) in [6.45, 7) is 3.37. The monoisotopic (exact) mass is 315 g/mol. The Kier molecular flexibility index (Phi) is 5.66. The number of nitrogens with zero attached hydrogens (tertiary/aromatic N) is 3. The first-order valence-electron chi connectivity index (χ1n) is 6.54. The molecule has 0 radical (unpaired) electrons. The van der Waals surface area contributed by atoms with Crippen LogP contribution >= 0.6 is 23.2 Å². The van der Waals surface area contributed by atoms with E-state index in [4.69, 9.17) is 27.9 Å². The highest BCUT2D eigenvalue weighted by Gasteiger charge is 2.11. The molecule has 0 N–H and O–H groups in total. The van der Waals surface area contributed by atoms with Crippen LogP contribution in [-0.2, 0) is 17.2 Å². The van der Waals surface area contributed by atoms with Crippen molar-refractivity contribution >= 4 is 34.2 Å². The zero-order valence-corrected chi connectivity index (χ0v) is 13.3. The number of hydrogen-bond acceptors (Lipinski definition) is 3. The molecule has 2 aromatic rings. The summed E-state index contributed by atoms with van der Waals surface area (Å²) in [5, 5.41) is 0.715.